The Morgan fingerprint density at radius 1 is 1.15 bits per heavy atom. The molecule has 0 saturated heterocycles. The quantitative estimate of drug-likeness (QED) is 0.300. The van der Waals surface area contributed by atoms with E-state index < -0.39 is 5.97 Å². The highest BCUT2D eigenvalue weighted by atomic mass is 32.2. The molecule has 0 fully saturated rings. The number of thioether (sulfide) groups is 1. The van der Waals surface area contributed by atoms with Gasteiger partial charge in [-0.15, -0.1) is 11.8 Å². The van der Waals surface area contributed by atoms with Crippen LogP contribution in [0.15, 0.2) is 59.9 Å². The van der Waals surface area contributed by atoms with Crippen molar-refractivity contribution in [3.8, 4) is 17.1 Å². The molecule has 2 aromatic heterocycles. The molecule has 4 rings (SSSR count). The maximum absolute atomic E-state index is 14.3. The van der Waals surface area contributed by atoms with Gasteiger partial charge in [-0.25, -0.2) is 14.4 Å². The van der Waals surface area contributed by atoms with Crippen LogP contribution in [0.4, 0.5) is 4.39 Å². The molecule has 2 heterocycles. The lowest BCUT2D eigenvalue weighted by molar-refractivity contribution is -0.141. The van der Waals surface area contributed by atoms with E-state index in [0.29, 0.717) is 22.6 Å². The van der Waals surface area contributed by atoms with Crippen LogP contribution in [-0.2, 0) is 9.53 Å². The number of nitrogens with zero attached hydrogens (tertiary/aromatic N) is 4. The minimum atomic E-state index is -0.497. The summed E-state index contributed by atoms with van der Waals surface area (Å²) in [7, 11) is 2.82. The first-order valence-corrected chi connectivity index (χ1v) is 11.6. The lowest BCUT2D eigenvalue weighted by Crippen LogP contribution is -2.32. The molecule has 0 atom stereocenters. The van der Waals surface area contributed by atoms with Gasteiger partial charge in [-0.3, -0.25) is 14.2 Å². The van der Waals surface area contributed by atoms with E-state index in [2.05, 4.69) is 14.7 Å². The van der Waals surface area contributed by atoms with Crippen molar-refractivity contribution in [3.63, 3.8) is 0 Å². The summed E-state index contributed by atoms with van der Waals surface area (Å²) in [6.45, 7) is 1.75. The highest BCUT2D eigenvalue weighted by Crippen LogP contribution is 2.31. The number of rotatable bonds is 6. The number of amides is 1. The standard InChI is InChI=1S/C25H23FN4O3S/c1-15-5-8-20(26)19(9-15)17-11-27-25(28-12-17)30-13-22(34-4)18-7-6-16(10-21(18)30)24(32)29(2)14-23(31)33-3/h5-13H,14H2,1-4H3. The van der Waals surface area contributed by atoms with E-state index in [1.54, 1.807) is 60.0 Å². The fourth-order valence-electron chi connectivity index (χ4n) is 3.65. The first-order valence-electron chi connectivity index (χ1n) is 10.4. The van der Waals surface area contributed by atoms with Gasteiger partial charge in [0.05, 0.1) is 12.6 Å². The second-order valence-electron chi connectivity index (χ2n) is 7.79. The number of benzene rings is 2. The normalized spacial score (nSPS) is 11.0. The number of esters is 1. The van der Waals surface area contributed by atoms with Gasteiger partial charge in [-0.2, -0.15) is 0 Å². The molecule has 0 bridgehead atoms. The molecule has 9 heteroatoms. The van der Waals surface area contributed by atoms with Crippen LogP contribution in [0.5, 0.6) is 0 Å². The summed E-state index contributed by atoms with van der Waals surface area (Å²) < 4.78 is 20.7. The van der Waals surface area contributed by atoms with Gasteiger partial charge in [0.25, 0.3) is 5.91 Å². The smallest absolute Gasteiger partial charge is 0.325 e. The Labute approximate surface area is 200 Å². The van der Waals surface area contributed by atoms with Crippen LogP contribution in [0.1, 0.15) is 15.9 Å². The predicted octanol–water partition coefficient (Wildman–Crippen LogP) is 4.50. The molecule has 0 N–H and O–H groups in total. The second-order valence-corrected chi connectivity index (χ2v) is 8.64. The van der Waals surface area contributed by atoms with Crippen LogP contribution in [0.2, 0.25) is 0 Å². The summed E-state index contributed by atoms with van der Waals surface area (Å²) in [5, 5.41) is 0.942. The minimum Gasteiger partial charge on any atom is -0.468 e. The second kappa shape index (κ2) is 9.64. The van der Waals surface area contributed by atoms with Crippen LogP contribution in [0.3, 0.4) is 0 Å². The van der Waals surface area contributed by atoms with Crippen LogP contribution >= 0.6 is 11.8 Å². The largest absolute Gasteiger partial charge is 0.468 e. The average molecular weight is 479 g/mol. The van der Waals surface area contributed by atoms with E-state index in [0.717, 1.165) is 21.4 Å². The Morgan fingerprint density at radius 3 is 2.56 bits per heavy atom. The Morgan fingerprint density at radius 2 is 1.88 bits per heavy atom. The molecule has 0 aliphatic carbocycles. The number of carbonyl (C=O) groups excluding carboxylic acids is 2. The average Bonchev–Trinajstić information content (AvgIpc) is 3.23. The number of fused-ring (bicyclic) bond motifs is 1. The predicted molar refractivity (Wildman–Crippen MR) is 130 cm³/mol. The fourth-order valence-corrected chi connectivity index (χ4v) is 4.26. The SMILES string of the molecule is COC(=O)CN(C)C(=O)c1ccc2c(SC)cn(-c3ncc(-c4cc(C)ccc4F)cn3)c2c1. The zero-order chi connectivity index (χ0) is 24.4. The van der Waals surface area contributed by atoms with Crippen molar-refractivity contribution in [1.29, 1.82) is 0 Å². The summed E-state index contributed by atoms with van der Waals surface area (Å²) in [4.78, 5) is 35.7. The minimum absolute atomic E-state index is 0.148. The maximum Gasteiger partial charge on any atom is 0.325 e. The van der Waals surface area contributed by atoms with Crippen molar-refractivity contribution in [1.82, 2.24) is 19.4 Å². The molecule has 34 heavy (non-hydrogen) atoms. The summed E-state index contributed by atoms with van der Waals surface area (Å²) in [5.41, 5.74) is 3.12. The van der Waals surface area contributed by atoms with Gasteiger partial charge in [0.1, 0.15) is 12.4 Å². The number of aromatic nitrogens is 3. The number of ether oxygens (including phenoxy) is 1. The lowest BCUT2D eigenvalue weighted by Gasteiger charge is -2.16. The Balaban J connectivity index is 1.73. The van der Waals surface area contributed by atoms with E-state index in [1.165, 1.54) is 18.1 Å². The Kier molecular flexibility index (Phi) is 6.65. The van der Waals surface area contributed by atoms with Gasteiger partial charge < -0.3 is 9.64 Å². The number of likely N-dealkylation sites (N-methyl/N-ethyl adjacent to an activating group) is 1. The monoisotopic (exact) mass is 478 g/mol. The molecular formula is C25H23FN4O3S. The lowest BCUT2D eigenvalue weighted by atomic mass is 10.1. The molecule has 0 unspecified atom stereocenters. The van der Waals surface area contributed by atoms with Crippen molar-refractivity contribution in [3.05, 3.63) is 71.9 Å². The zero-order valence-electron chi connectivity index (χ0n) is 19.2. The van der Waals surface area contributed by atoms with E-state index in [-0.39, 0.29) is 18.3 Å². The summed E-state index contributed by atoms with van der Waals surface area (Å²) in [5.74, 6) is -0.743. The van der Waals surface area contributed by atoms with E-state index >= 15 is 0 Å². The molecule has 1 amide bonds. The van der Waals surface area contributed by atoms with Crippen LogP contribution in [-0.4, -0.2) is 58.3 Å². The number of hydrogen-bond acceptors (Lipinski definition) is 6. The number of hydrogen-bond donors (Lipinski definition) is 0. The fraction of sp³-hybridized carbons (Fsp3) is 0.200. The van der Waals surface area contributed by atoms with Gasteiger partial charge in [0.2, 0.25) is 5.95 Å². The van der Waals surface area contributed by atoms with E-state index in [1.807, 2.05) is 25.4 Å². The van der Waals surface area contributed by atoms with Gasteiger partial charge in [0.15, 0.2) is 0 Å². The molecule has 0 aliphatic rings. The molecule has 4 aromatic rings. The third-order valence-corrected chi connectivity index (χ3v) is 6.23. The molecule has 2 aromatic carbocycles. The number of carbonyl (C=O) groups is 2. The molecule has 0 radical (unpaired) electrons. The highest BCUT2D eigenvalue weighted by Gasteiger charge is 2.18. The van der Waals surface area contributed by atoms with E-state index in [9.17, 15) is 14.0 Å². The topological polar surface area (TPSA) is 77.3 Å². The third kappa shape index (κ3) is 4.51. The highest BCUT2D eigenvalue weighted by molar-refractivity contribution is 7.98. The maximum atomic E-state index is 14.3. The van der Waals surface area contributed by atoms with Crippen molar-refractivity contribution >= 4 is 34.5 Å². The van der Waals surface area contributed by atoms with Crippen molar-refractivity contribution in [2.75, 3.05) is 27.0 Å². The number of halogens is 1. The molecule has 174 valence electrons. The molecule has 0 saturated carbocycles. The van der Waals surface area contributed by atoms with Gasteiger partial charge >= 0.3 is 5.97 Å². The number of methoxy groups -OCH3 is 1. The first kappa shape index (κ1) is 23.4. The molecular weight excluding hydrogens is 455 g/mol. The van der Waals surface area contributed by atoms with E-state index in [4.69, 9.17) is 0 Å². The summed E-state index contributed by atoms with van der Waals surface area (Å²) in [6, 6.07) is 10.3. The molecule has 0 aliphatic heterocycles. The zero-order valence-corrected chi connectivity index (χ0v) is 20.0. The van der Waals surface area contributed by atoms with Gasteiger partial charge in [-0.05, 0) is 37.4 Å². The van der Waals surface area contributed by atoms with Gasteiger partial charge in [-0.1, -0.05) is 17.7 Å². The Bertz CT molecular complexity index is 1390. The first-order chi connectivity index (χ1) is 16.3. The summed E-state index contributed by atoms with van der Waals surface area (Å²) >= 11 is 1.57. The van der Waals surface area contributed by atoms with Gasteiger partial charge in [0, 0.05) is 52.6 Å². The van der Waals surface area contributed by atoms with Crippen LogP contribution in [0, 0.1) is 12.7 Å². The number of aryl methyl sites for hydroxylation is 1. The van der Waals surface area contributed by atoms with Crippen molar-refractivity contribution < 1.29 is 18.7 Å². The third-order valence-electron chi connectivity index (χ3n) is 5.46. The van der Waals surface area contributed by atoms with Crippen LogP contribution in [0.25, 0.3) is 28.0 Å². The molecule has 0 spiro atoms. The van der Waals surface area contributed by atoms with Crippen molar-refractivity contribution in [2.24, 2.45) is 0 Å². The molecule has 7 nitrogen and oxygen atoms in total. The summed E-state index contributed by atoms with van der Waals surface area (Å²) in [6.07, 6.45) is 7.05. The Hall–Kier alpha value is -3.72. The van der Waals surface area contributed by atoms with Crippen LogP contribution < -0.4 is 0 Å². The van der Waals surface area contributed by atoms with Crippen molar-refractivity contribution in [2.45, 2.75) is 11.8 Å².